The van der Waals surface area contributed by atoms with Gasteiger partial charge in [0.25, 0.3) is 0 Å². The summed E-state index contributed by atoms with van der Waals surface area (Å²) in [4.78, 5) is 0. The van der Waals surface area contributed by atoms with E-state index < -0.39 is 0 Å². The third kappa shape index (κ3) is 4.62. The van der Waals surface area contributed by atoms with Gasteiger partial charge < -0.3 is 0 Å². The molecule has 0 nitrogen and oxygen atoms in total. The van der Waals surface area contributed by atoms with Gasteiger partial charge in [0.15, 0.2) is 0 Å². The smallest absolute Gasteiger partial charge is 0.00678 e. The van der Waals surface area contributed by atoms with Gasteiger partial charge in [-0.2, -0.15) is 0 Å². The first kappa shape index (κ1) is 27.8. The van der Waals surface area contributed by atoms with Crippen molar-refractivity contribution < 1.29 is 0 Å². The van der Waals surface area contributed by atoms with Crippen molar-refractivity contribution in [2.75, 3.05) is 0 Å². The topological polar surface area (TPSA) is 0 Å². The number of rotatable bonds is 6. The van der Waals surface area contributed by atoms with E-state index in [1.165, 1.54) is 71.3 Å². The average Bonchev–Trinajstić information content (AvgIpc) is 3.13. The average molecular weight is 587 g/mol. The summed E-state index contributed by atoms with van der Waals surface area (Å²) in [7, 11) is 0. The van der Waals surface area contributed by atoms with E-state index in [2.05, 4.69) is 165 Å². The molecule has 0 spiro atoms. The van der Waals surface area contributed by atoms with Crippen LogP contribution in [0.15, 0.2) is 165 Å². The predicted molar refractivity (Wildman–Crippen MR) is 201 cm³/mol. The molecule has 0 aliphatic heterocycles. The SMILES string of the molecule is C=Cc1c(-c2c3ccccc3c(C3=CC(c4ccccc4)=CC(c4ccccc4)C3)c3ccccc23)cc2ccccc2c1C=C. The summed E-state index contributed by atoms with van der Waals surface area (Å²) in [6.45, 7) is 8.52. The van der Waals surface area contributed by atoms with Crippen molar-refractivity contribution in [2.24, 2.45) is 0 Å². The summed E-state index contributed by atoms with van der Waals surface area (Å²) in [6.07, 6.45) is 9.80. The van der Waals surface area contributed by atoms with E-state index in [-0.39, 0.29) is 5.92 Å². The Bertz CT molecular complexity index is 2290. The quantitative estimate of drug-likeness (QED) is 0.170. The van der Waals surface area contributed by atoms with Crippen LogP contribution in [0.25, 0.3) is 66.7 Å². The van der Waals surface area contributed by atoms with E-state index >= 15 is 0 Å². The van der Waals surface area contributed by atoms with Gasteiger partial charge in [-0.05, 0) is 94.9 Å². The standard InChI is InChI=1S/C46H34/c1-3-37-38(4-2)44(30-33-21-11-12-22-39(33)37)46-42-25-15-13-23-40(42)45(41-24-14-16-26-43(41)46)36-28-34(31-17-7-5-8-18-31)27-35(29-36)32-19-9-6-10-20-32/h3-28,30,35H,1-2,29H2. The number of hydrogen-bond acceptors (Lipinski definition) is 0. The molecule has 7 aromatic rings. The van der Waals surface area contributed by atoms with Gasteiger partial charge in [-0.15, -0.1) is 0 Å². The Morgan fingerprint density at radius 1 is 0.522 bits per heavy atom. The van der Waals surface area contributed by atoms with E-state index in [4.69, 9.17) is 0 Å². The molecule has 46 heavy (non-hydrogen) atoms. The minimum Gasteiger partial charge on any atom is -0.0984 e. The first-order valence-corrected chi connectivity index (χ1v) is 16.0. The van der Waals surface area contributed by atoms with Crippen LogP contribution in [0.1, 0.15) is 40.2 Å². The lowest BCUT2D eigenvalue weighted by atomic mass is 9.77. The lowest BCUT2D eigenvalue weighted by Gasteiger charge is -2.26. The second-order valence-corrected chi connectivity index (χ2v) is 12.1. The van der Waals surface area contributed by atoms with Gasteiger partial charge in [-0.3, -0.25) is 0 Å². The Hall–Kier alpha value is -5.72. The van der Waals surface area contributed by atoms with Crippen molar-refractivity contribution in [3.8, 4) is 11.1 Å². The summed E-state index contributed by atoms with van der Waals surface area (Å²) < 4.78 is 0. The molecule has 1 atom stereocenters. The van der Waals surface area contributed by atoms with Gasteiger partial charge in [0.1, 0.15) is 0 Å². The maximum Gasteiger partial charge on any atom is 0.00678 e. The fraction of sp³-hybridized carbons (Fsp3) is 0.0435. The number of hydrogen-bond donors (Lipinski definition) is 0. The minimum atomic E-state index is 0.275. The van der Waals surface area contributed by atoms with E-state index in [1.54, 1.807) is 0 Å². The van der Waals surface area contributed by atoms with E-state index in [0.717, 1.165) is 17.5 Å². The molecular formula is C46H34. The number of benzene rings is 7. The van der Waals surface area contributed by atoms with Crippen molar-refractivity contribution in [3.63, 3.8) is 0 Å². The van der Waals surface area contributed by atoms with Crippen LogP contribution in [-0.2, 0) is 0 Å². The Morgan fingerprint density at radius 2 is 1.04 bits per heavy atom. The molecule has 0 aromatic heterocycles. The zero-order chi connectivity index (χ0) is 31.0. The number of fused-ring (bicyclic) bond motifs is 3. The van der Waals surface area contributed by atoms with E-state index in [0.29, 0.717) is 0 Å². The Morgan fingerprint density at radius 3 is 1.65 bits per heavy atom. The summed E-state index contributed by atoms with van der Waals surface area (Å²) >= 11 is 0. The molecule has 7 aromatic carbocycles. The maximum atomic E-state index is 4.29. The lowest BCUT2D eigenvalue weighted by Crippen LogP contribution is -2.05. The molecule has 0 fully saturated rings. The van der Waals surface area contributed by atoms with Crippen LogP contribution in [0, 0.1) is 0 Å². The largest absolute Gasteiger partial charge is 0.0984 e. The van der Waals surface area contributed by atoms with Crippen LogP contribution in [0.3, 0.4) is 0 Å². The van der Waals surface area contributed by atoms with Gasteiger partial charge in [-0.1, -0.05) is 171 Å². The molecule has 1 aliphatic carbocycles. The molecule has 0 saturated heterocycles. The second kappa shape index (κ2) is 11.7. The Labute approximate surface area is 271 Å². The zero-order valence-corrected chi connectivity index (χ0v) is 25.8. The fourth-order valence-corrected chi connectivity index (χ4v) is 7.51. The second-order valence-electron chi connectivity index (χ2n) is 12.1. The van der Waals surface area contributed by atoms with Gasteiger partial charge >= 0.3 is 0 Å². The molecule has 1 unspecified atom stereocenters. The third-order valence-electron chi connectivity index (χ3n) is 9.55. The van der Waals surface area contributed by atoms with Crippen molar-refractivity contribution in [2.45, 2.75) is 12.3 Å². The third-order valence-corrected chi connectivity index (χ3v) is 9.55. The van der Waals surface area contributed by atoms with Gasteiger partial charge in [-0.25, -0.2) is 0 Å². The summed E-state index contributed by atoms with van der Waals surface area (Å²) in [5, 5.41) is 7.43. The van der Waals surface area contributed by atoms with Crippen molar-refractivity contribution >= 4 is 55.6 Å². The molecule has 0 N–H and O–H groups in total. The fourth-order valence-electron chi connectivity index (χ4n) is 7.51. The highest BCUT2D eigenvalue weighted by Crippen LogP contribution is 2.48. The minimum absolute atomic E-state index is 0.275. The lowest BCUT2D eigenvalue weighted by molar-refractivity contribution is 0.872. The van der Waals surface area contributed by atoms with Gasteiger partial charge in [0.05, 0.1) is 0 Å². The van der Waals surface area contributed by atoms with Crippen LogP contribution in [0.2, 0.25) is 0 Å². The molecule has 0 amide bonds. The highest BCUT2D eigenvalue weighted by Gasteiger charge is 2.24. The normalized spacial score (nSPS) is 14.7. The highest BCUT2D eigenvalue weighted by atomic mass is 14.3. The van der Waals surface area contributed by atoms with Crippen molar-refractivity contribution in [1.82, 2.24) is 0 Å². The molecule has 8 rings (SSSR count). The first-order valence-electron chi connectivity index (χ1n) is 16.0. The highest BCUT2D eigenvalue weighted by molar-refractivity contribution is 6.21. The van der Waals surface area contributed by atoms with Crippen molar-refractivity contribution in [1.29, 1.82) is 0 Å². The molecule has 0 heterocycles. The van der Waals surface area contributed by atoms with Crippen molar-refractivity contribution in [3.05, 3.63) is 193 Å². The summed E-state index contributed by atoms with van der Waals surface area (Å²) in [5.41, 5.74) is 11.2. The monoisotopic (exact) mass is 586 g/mol. The van der Waals surface area contributed by atoms with Crippen LogP contribution < -0.4 is 0 Å². The van der Waals surface area contributed by atoms with E-state index in [9.17, 15) is 0 Å². The van der Waals surface area contributed by atoms with Crippen LogP contribution in [-0.4, -0.2) is 0 Å². The van der Waals surface area contributed by atoms with Crippen LogP contribution >= 0.6 is 0 Å². The Balaban J connectivity index is 1.45. The molecular weight excluding hydrogens is 553 g/mol. The maximum absolute atomic E-state index is 4.29. The van der Waals surface area contributed by atoms with Crippen LogP contribution in [0.4, 0.5) is 0 Å². The van der Waals surface area contributed by atoms with Crippen LogP contribution in [0.5, 0.6) is 0 Å². The zero-order valence-electron chi connectivity index (χ0n) is 25.8. The summed E-state index contributed by atoms with van der Waals surface area (Å²) in [6, 6.07) is 50.6. The molecule has 0 radical (unpaired) electrons. The predicted octanol–water partition coefficient (Wildman–Crippen LogP) is 12.8. The first-order chi connectivity index (χ1) is 22.7. The molecule has 1 aliphatic rings. The van der Waals surface area contributed by atoms with E-state index in [1.807, 2.05) is 12.2 Å². The molecule has 0 saturated carbocycles. The molecule has 0 heteroatoms. The van der Waals surface area contributed by atoms with Gasteiger partial charge in [0.2, 0.25) is 0 Å². The molecule has 0 bridgehead atoms. The number of allylic oxidation sites excluding steroid dienone is 4. The Kier molecular flexibility index (Phi) is 7.04. The molecule has 218 valence electrons. The summed E-state index contributed by atoms with van der Waals surface area (Å²) in [5.74, 6) is 0.275. The van der Waals surface area contributed by atoms with Gasteiger partial charge in [0, 0.05) is 5.92 Å².